The molecule has 2 aromatic rings. The minimum Gasteiger partial charge on any atom is -0.508 e. The number of para-hydroxylation sites is 1. The molecule has 2 amide bonds. The molecule has 4 atom stereocenters. The molecule has 0 heterocycles. The summed E-state index contributed by atoms with van der Waals surface area (Å²) in [7, 11) is 0. The summed E-state index contributed by atoms with van der Waals surface area (Å²) in [5.74, 6) is -2.22. The molecule has 6 N–H and O–H groups in total. The third kappa shape index (κ3) is 6.10. The standard InChI is InChI=1S/C25H33N3O5/c1-25(2,3)14-26-22(18(23(31)28-33)12-16-9-5-7-11-19(16)29)24(32)27-21-17-10-6-4-8-15(17)13-20(21)30/h4-11,18,20-22,26,29-30,33H,12-14H2,1-3H3,(H,27,32)(H,28,31)/t18-,20+,21-,22+/m0/s1. The topological polar surface area (TPSA) is 131 Å². The van der Waals surface area contributed by atoms with Crippen LogP contribution in [-0.4, -0.2) is 45.9 Å². The summed E-state index contributed by atoms with van der Waals surface area (Å²) in [5, 5.41) is 36.3. The number of phenols is 1. The van der Waals surface area contributed by atoms with Gasteiger partial charge in [0, 0.05) is 13.0 Å². The highest BCUT2D eigenvalue weighted by molar-refractivity contribution is 5.90. The number of phenolic OH excluding ortho intramolecular Hbond substituents is 1. The lowest BCUT2D eigenvalue weighted by Gasteiger charge is -2.31. The minimum atomic E-state index is -1.02. The summed E-state index contributed by atoms with van der Waals surface area (Å²) < 4.78 is 0. The van der Waals surface area contributed by atoms with E-state index in [0.29, 0.717) is 18.5 Å². The zero-order valence-corrected chi connectivity index (χ0v) is 19.2. The second-order valence-electron chi connectivity index (χ2n) is 9.79. The van der Waals surface area contributed by atoms with Gasteiger partial charge in [0.1, 0.15) is 5.75 Å². The number of nitrogens with one attached hydrogen (secondary N) is 3. The molecule has 0 unspecified atom stereocenters. The first-order chi connectivity index (χ1) is 15.6. The molecule has 0 bridgehead atoms. The first kappa shape index (κ1) is 24.7. The molecule has 178 valence electrons. The minimum absolute atomic E-state index is 0.00311. The van der Waals surface area contributed by atoms with Gasteiger partial charge >= 0.3 is 0 Å². The lowest BCUT2D eigenvalue weighted by molar-refractivity contribution is -0.139. The highest BCUT2D eigenvalue weighted by atomic mass is 16.5. The third-order valence-electron chi connectivity index (χ3n) is 5.92. The van der Waals surface area contributed by atoms with Gasteiger partial charge < -0.3 is 20.8 Å². The van der Waals surface area contributed by atoms with Crippen molar-refractivity contribution in [3.8, 4) is 5.75 Å². The molecule has 0 aliphatic heterocycles. The van der Waals surface area contributed by atoms with Crippen LogP contribution in [0.2, 0.25) is 0 Å². The van der Waals surface area contributed by atoms with E-state index in [0.717, 1.165) is 11.1 Å². The predicted molar refractivity (Wildman–Crippen MR) is 124 cm³/mol. The van der Waals surface area contributed by atoms with E-state index in [1.54, 1.807) is 23.7 Å². The van der Waals surface area contributed by atoms with Gasteiger partial charge in [0.15, 0.2) is 0 Å². The van der Waals surface area contributed by atoms with Crippen molar-refractivity contribution in [2.24, 2.45) is 11.3 Å². The van der Waals surface area contributed by atoms with Crippen molar-refractivity contribution >= 4 is 11.8 Å². The van der Waals surface area contributed by atoms with Crippen LogP contribution in [0.15, 0.2) is 48.5 Å². The fourth-order valence-electron chi connectivity index (χ4n) is 4.19. The average Bonchev–Trinajstić information content (AvgIpc) is 3.08. The normalized spacial score (nSPS) is 19.4. The monoisotopic (exact) mass is 455 g/mol. The number of rotatable bonds is 8. The first-order valence-corrected chi connectivity index (χ1v) is 11.1. The Hall–Kier alpha value is -2.94. The van der Waals surface area contributed by atoms with Crippen LogP contribution < -0.4 is 16.1 Å². The van der Waals surface area contributed by atoms with E-state index in [-0.39, 0.29) is 17.6 Å². The van der Waals surface area contributed by atoms with Gasteiger partial charge in [0.25, 0.3) is 0 Å². The molecule has 1 aliphatic carbocycles. The quantitative estimate of drug-likeness (QED) is 0.266. The number of carbonyl (C=O) groups excluding carboxylic acids is 2. The maximum absolute atomic E-state index is 13.5. The number of fused-ring (bicyclic) bond motifs is 1. The van der Waals surface area contributed by atoms with Gasteiger partial charge in [-0.1, -0.05) is 63.2 Å². The van der Waals surface area contributed by atoms with Crippen LogP contribution in [0.25, 0.3) is 0 Å². The number of carbonyl (C=O) groups is 2. The number of hydrogen-bond donors (Lipinski definition) is 6. The van der Waals surface area contributed by atoms with E-state index in [1.165, 1.54) is 6.07 Å². The lowest BCUT2D eigenvalue weighted by atomic mass is 9.88. The van der Waals surface area contributed by atoms with Gasteiger partial charge in [-0.15, -0.1) is 0 Å². The molecule has 0 saturated heterocycles. The fraction of sp³-hybridized carbons (Fsp3) is 0.440. The van der Waals surface area contributed by atoms with Gasteiger partial charge in [0.2, 0.25) is 11.8 Å². The first-order valence-electron chi connectivity index (χ1n) is 11.1. The Bertz CT molecular complexity index is 988. The summed E-state index contributed by atoms with van der Waals surface area (Å²) in [6.07, 6.45) is -0.324. The maximum atomic E-state index is 13.5. The van der Waals surface area contributed by atoms with Crippen molar-refractivity contribution in [1.82, 2.24) is 16.1 Å². The van der Waals surface area contributed by atoms with Crippen LogP contribution in [0.1, 0.15) is 43.5 Å². The Morgan fingerprint density at radius 3 is 2.39 bits per heavy atom. The zero-order chi connectivity index (χ0) is 24.2. The molecule has 33 heavy (non-hydrogen) atoms. The number of hydroxylamine groups is 1. The van der Waals surface area contributed by atoms with Crippen LogP contribution in [0, 0.1) is 11.3 Å². The van der Waals surface area contributed by atoms with E-state index in [2.05, 4.69) is 10.6 Å². The molecule has 0 spiro atoms. The van der Waals surface area contributed by atoms with E-state index >= 15 is 0 Å². The molecule has 0 fully saturated rings. The number of amides is 2. The van der Waals surface area contributed by atoms with E-state index in [9.17, 15) is 25.0 Å². The van der Waals surface area contributed by atoms with Crippen LogP contribution in [0.4, 0.5) is 0 Å². The van der Waals surface area contributed by atoms with Crippen molar-refractivity contribution in [3.05, 3.63) is 65.2 Å². The van der Waals surface area contributed by atoms with E-state index in [4.69, 9.17) is 0 Å². The van der Waals surface area contributed by atoms with Gasteiger partial charge in [-0.25, -0.2) is 5.48 Å². The van der Waals surface area contributed by atoms with Gasteiger partial charge in [-0.05, 0) is 34.6 Å². The Balaban J connectivity index is 1.90. The lowest BCUT2D eigenvalue weighted by Crippen LogP contribution is -2.56. The zero-order valence-electron chi connectivity index (χ0n) is 19.2. The molecule has 0 saturated carbocycles. The fourth-order valence-corrected chi connectivity index (χ4v) is 4.19. The van der Waals surface area contributed by atoms with Crippen molar-refractivity contribution in [3.63, 3.8) is 0 Å². The van der Waals surface area contributed by atoms with Crippen LogP contribution >= 0.6 is 0 Å². The predicted octanol–water partition coefficient (Wildman–Crippen LogP) is 1.84. The smallest absolute Gasteiger partial charge is 0.248 e. The molecule has 2 aromatic carbocycles. The SMILES string of the molecule is CC(C)(C)CN[C@@H](C(=O)N[C@H]1c2ccccc2C[C@H]1O)[C@H](Cc1ccccc1O)C(=O)NO. The summed E-state index contributed by atoms with van der Waals surface area (Å²) in [4.78, 5) is 26.2. The van der Waals surface area contributed by atoms with Gasteiger partial charge in [-0.3, -0.25) is 14.8 Å². The second kappa shape index (κ2) is 10.3. The molecule has 8 nitrogen and oxygen atoms in total. The molecule has 1 aliphatic rings. The molecular weight excluding hydrogens is 422 g/mol. The summed E-state index contributed by atoms with van der Waals surface area (Å²) in [5.41, 5.74) is 3.77. The second-order valence-corrected chi connectivity index (χ2v) is 9.79. The molecule has 0 radical (unpaired) electrons. The Morgan fingerprint density at radius 1 is 1.06 bits per heavy atom. The molecular formula is C25H33N3O5. The molecule has 0 aromatic heterocycles. The number of benzene rings is 2. The summed E-state index contributed by atoms with van der Waals surface area (Å²) in [6.45, 7) is 6.41. The highest BCUT2D eigenvalue weighted by Gasteiger charge is 2.38. The van der Waals surface area contributed by atoms with Gasteiger partial charge in [0.05, 0.1) is 24.1 Å². The van der Waals surface area contributed by atoms with Crippen LogP contribution in [0.3, 0.4) is 0 Å². The number of hydrogen-bond acceptors (Lipinski definition) is 6. The summed E-state index contributed by atoms with van der Waals surface area (Å²) >= 11 is 0. The largest absolute Gasteiger partial charge is 0.508 e. The third-order valence-corrected chi connectivity index (χ3v) is 5.92. The van der Waals surface area contributed by atoms with Crippen molar-refractivity contribution in [2.45, 2.75) is 51.8 Å². The number of aliphatic hydroxyl groups is 1. The van der Waals surface area contributed by atoms with E-state index in [1.807, 2.05) is 45.0 Å². The molecule has 8 heteroatoms. The van der Waals surface area contributed by atoms with Crippen LogP contribution in [0.5, 0.6) is 5.75 Å². The maximum Gasteiger partial charge on any atom is 0.248 e. The van der Waals surface area contributed by atoms with Crippen molar-refractivity contribution in [2.75, 3.05) is 6.54 Å². The van der Waals surface area contributed by atoms with Gasteiger partial charge in [-0.2, -0.15) is 0 Å². The Labute approximate surface area is 194 Å². The average molecular weight is 456 g/mol. The Kier molecular flexibility index (Phi) is 7.73. The Morgan fingerprint density at radius 2 is 1.73 bits per heavy atom. The van der Waals surface area contributed by atoms with Crippen molar-refractivity contribution in [1.29, 1.82) is 0 Å². The molecule has 3 rings (SSSR count). The summed E-state index contributed by atoms with van der Waals surface area (Å²) in [6, 6.07) is 12.5. The number of aliphatic hydroxyl groups excluding tert-OH is 1. The van der Waals surface area contributed by atoms with E-state index < -0.39 is 35.9 Å². The highest BCUT2D eigenvalue weighted by Crippen LogP contribution is 2.32. The van der Waals surface area contributed by atoms with Crippen molar-refractivity contribution < 1.29 is 25.0 Å². The van der Waals surface area contributed by atoms with Crippen LogP contribution in [-0.2, 0) is 22.4 Å². The number of aromatic hydroxyl groups is 1.